The SMILES string of the molecule is CCC(C)C(=O)O.COC(=O)NC(CC#N)C(=O)O. The van der Waals surface area contributed by atoms with Gasteiger partial charge in [0.15, 0.2) is 0 Å². The van der Waals surface area contributed by atoms with E-state index in [4.69, 9.17) is 15.5 Å². The number of ether oxygens (including phenoxy) is 1. The first-order chi connectivity index (χ1) is 8.79. The number of nitrogens with zero attached hydrogens (tertiary/aromatic N) is 1. The third kappa shape index (κ3) is 10.6. The number of carbonyl (C=O) groups excluding carboxylic acids is 1. The highest BCUT2D eigenvalue weighted by Crippen LogP contribution is 1.97. The first kappa shape index (κ1) is 19.0. The number of aliphatic carboxylic acids is 2. The molecule has 8 nitrogen and oxygen atoms in total. The standard InChI is InChI=1S/C6H8N2O4.C5H10O2/c1-12-6(11)8-4(2-3-7)5(9)10;1-3-4(2)5(6)7/h4H,2H2,1H3,(H,8,11)(H,9,10);4H,3H2,1-2H3,(H,6,7). The molecule has 0 rings (SSSR count). The Morgan fingerprint density at radius 3 is 2.05 bits per heavy atom. The summed E-state index contributed by atoms with van der Waals surface area (Å²) >= 11 is 0. The number of carboxylic acid groups (broad SMARTS) is 2. The zero-order valence-corrected chi connectivity index (χ0v) is 11.0. The van der Waals surface area contributed by atoms with Gasteiger partial charge in [-0.15, -0.1) is 0 Å². The highest BCUT2D eigenvalue weighted by Gasteiger charge is 2.19. The summed E-state index contributed by atoms with van der Waals surface area (Å²) in [5.41, 5.74) is 0. The molecule has 0 aliphatic rings. The van der Waals surface area contributed by atoms with Gasteiger partial charge in [-0.05, 0) is 6.42 Å². The Labute approximate surface area is 111 Å². The fraction of sp³-hybridized carbons (Fsp3) is 0.636. The van der Waals surface area contributed by atoms with E-state index in [9.17, 15) is 14.4 Å². The molecule has 8 heteroatoms. The fourth-order valence-corrected chi connectivity index (χ4v) is 0.667. The van der Waals surface area contributed by atoms with Crippen LogP contribution in [0.3, 0.4) is 0 Å². The van der Waals surface area contributed by atoms with Crippen LogP contribution in [-0.4, -0.2) is 41.4 Å². The molecule has 0 aliphatic carbocycles. The first-order valence-corrected chi connectivity index (χ1v) is 5.47. The maximum atomic E-state index is 10.5. The zero-order valence-electron chi connectivity index (χ0n) is 11.0. The monoisotopic (exact) mass is 274 g/mol. The lowest BCUT2D eigenvalue weighted by Gasteiger charge is -2.08. The quantitative estimate of drug-likeness (QED) is 0.675. The summed E-state index contributed by atoms with van der Waals surface area (Å²) in [5, 5.41) is 26.8. The van der Waals surface area contributed by atoms with Crippen LogP contribution in [0, 0.1) is 17.2 Å². The predicted octanol–water partition coefficient (Wildman–Crippen LogP) is 0.826. The lowest BCUT2D eigenvalue weighted by Crippen LogP contribution is -2.40. The molecule has 19 heavy (non-hydrogen) atoms. The molecule has 0 saturated heterocycles. The minimum atomic E-state index is -1.26. The molecule has 0 radical (unpaired) electrons. The smallest absolute Gasteiger partial charge is 0.407 e. The van der Waals surface area contributed by atoms with Gasteiger partial charge in [0.2, 0.25) is 0 Å². The molecule has 0 aliphatic heterocycles. The lowest BCUT2D eigenvalue weighted by molar-refractivity contribution is -0.141. The highest BCUT2D eigenvalue weighted by molar-refractivity contribution is 5.80. The highest BCUT2D eigenvalue weighted by atomic mass is 16.5. The summed E-state index contributed by atoms with van der Waals surface area (Å²) in [6, 6.07) is 0.421. The van der Waals surface area contributed by atoms with Crippen molar-refractivity contribution in [2.24, 2.45) is 5.92 Å². The van der Waals surface area contributed by atoms with Crippen LogP contribution in [0.4, 0.5) is 4.79 Å². The molecule has 3 N–H and O–H groups in total. The van der Waals surface area contributed by atoms with Gasteiger partial charge in [0, 0.05) is 0 Å². The van der Waals surface area contributed by atoms with E-state index in [-0.39, 0.29) is 12.3 Å². The second-order valence-corrected chi connectivity index (χ2v) is 3.54. The van der Waals surface area contributed by atoms with Crippen LogP contribution in [0.15, 0.2) is 0 Å². The van der Waals surface area contributed by atoms with Crippen molar-refractivity contribution in [3.63, 3.8) is 0 Å². The summed E-state index contributed by atoms with van der Waals surface area (Å²) in [5.74, 6) is -2.15. The van der Waals surface area contributed by atoms with E-state index in [2.05, 4.69) is 4.74 Å². The van der Waals surface area contributed by atoms with Gasteiger partial charge in [-0.1, -0.05) is 13.8 Å². The summed E-state index contributed by atoms with van der Waals surface area (Å²) in [7, 11) is 1.11. The summed E-state index contributed by atoms with van der Waals surface area (Å²) in [4.78, 5) is 30.7. The van der Waals surface area contributed by atoms with Gasteiger partial charge in [-0.25, -0.2) is 9.59 Å². The molecule has 2 unspecified atom stereocenters. The molecule has 0 aromatic rings. The Morgan fingerprint density at radius 1 is 1.32 bits per heavy atom. The zero-order chi connectivity index (χ0) is 15.4. The number of hydrogen-bond donors (Lipinski definition) is 3. The van der Waals surface area contributed by atoms with Crippen molar-refractivity contribution < 1.29 is 29.3 Å². The molecule has 2 atom stereocenters. The van der Waals surface area contributed by atoms with Gasteiger partial charge in [-0.3, -0.25) is 4.79 Å². The molecule has 0 saturated carbocycles. The number of carbonyl (C=O) groups is 3. The third-order valence-electron chi connectivity index (χ3n) is 2.10. The normalized spacial score (nSPS) is 11.9. The van der Waals surface area contributed by atoms with E-state index >= 15 is 0 Å². The molecule has 0 aromatic carbocycles. The van der Waals surface area contributed by atoms with Crippen molar-refractivity contribution in [2.75, 3.05) is 7.11 Å². The number of carboxylic acids is 2. The van der Waals surface area contributed by atoms with E-state index < -0.39 is 24.1 Å². The van der Waals surface area contributed by atoms with Crippen LogP contribution in [0.1, 0.15) is 26.7 Å². The molecular formula is C11H18N2O6. The Kier molecular flexibility index (Phi) is 10.9. The van der Waals surface area contributed by atoms with E-state index in [1.54, 1.807) is 13.0 Å². The van der Waals surface area contributed by atoms with Crippen LogP contribution >= 0.6 is 0 Å². The Bertz CT molecular complexity index is 350. The topological polar surface area (TPSA) is 137 Å². The summed E-state index contributed by atoms with van der Waals surface area (Å²) in [6.45, 7) is 3.56. The first-order valence-electron chi connectivity index (χ1n) is 5.47. The average molecular weight is 274 g/mol. The average Bonchev–Trinajstić information content (AvgIpc) is 2.37. The van der Waals surface area contributed by atoms with E-state index in [0.717, 1.165) is 13.5 Å². The van der Waals surface area contributed by atoms with Crippen molar-refractivity contribution in [1.29, 1.82) is 5.26 Å². The van der Waals surface area contributed by atoms with E-state index in [1.807, 2.05) is 12.2 Å². The van der Waals surface area contributed by atoms with E-state index in [1.165, 1.54) is 0 Å². The molecule has 0 aromatic heterocycles. The van der Waals surface area contributed by atoms with Gasteiger partial charge in [0.05, 0.1) is 25.5 Å². The molecule has 0 fully saturated rings. The minimum Gasteiger partial charge on any atom is -0.481 e. The predicted molar refractivity (Wildman–Crippen MR) is 64.3 cm³/mol. The van der Waals surface area contributed by atoms with Crippen LogP contribution < -0.4 is 5.32 Å². The van der Waals surface area contributed by atoms with Gasteiger partial charge in [0.25, 0.3) is 0 Å². The number of nitrogens with one attached hydrogen (secondary N) is 1. The van der Waals surface area contributed by atoms with Crippen molar-refractivity contribution in [1.82, 2.24) is 5.32 Å². The number of nitriles is 1. The molecular weight excluding hydrogens is 256 g/mol. The fourth-order valence-electron chi connectivity index (χ4n) is 0.667. The second kappa shape index (κ2) is 10.8. The van der Waals surface area contributed by atoms with Gasteiger partial charge >= 0.3 is 18.0 Å². The van der Waals surface area contributed by atoms with Crippen LogP contribution in [-0.2, 0) is 14.3 Å². The minimum absolute atomic E-state index is 0.181. The van der Waals surface area contributed by atoms with Crippen molar-refractivity contribution in [3.05, 3.63) is 0 Å². The van der Waals surface area contributed by atoms with Crippen LogP contribution in [0.5, 0.6) is 0 Å². The van der Waals surface area contributed by atoms with Gasteiger partial charge in [-0.2, -0.15) is 5.26 Å². The van der Waals surface area contributed by atoms with Crippen LogP contribution in [0.2, 0.25) is 0 Å². The maximum absolute atomic E-state index is 10.5. The van der Waals surface area contributed by atoms with Gasteiger partial charge in [0.1, 0.15) is 6.04 Å². The number of amides is 1. The Morgan fingerprint density at radius 2 is 1.84 bits per heavy atom. The lowest BCUT2D eigenvalue weighted by atomic mass is 10.1. The molecule has 1 amide bonds. The van der Waals surface area contributed by atoms with Crippen molar-refractivity contribution >= 4 is 18.0 Å². The second-order valence-electron chi connectivity index (χ2n) is 3.54. The molecule has 0 heterocycles. The number of alkyl carbamates (subject to hydrolysis) is 1. The van der Waals surface area contributed by atoms with Crippen LogP contribution in [0.25, 0.3) is 0 Å². The number of hydrogen-bond acceptors (Lipinski definition) is 5. The Balaban J connectivity index is 0. The van der Waals surface area contributed by atoms with Crippen molar-refractivity contribution in [3.8, 4) is 6.07 Å². The van der Waals surface area contributed by atoms with Gasteiger partial charge < -0.3 is 20.3 Å². The maximum Gasteiger partial charge on any atom is 0.407 e. The molecule has 108 valence electrons. The summed E-state index contributed by atoms with van der Waals surface area (Å²) < 4.78 is 4.15. The molecule has 0 bridgehead atoms. The largest absolute Gasteiger partial charge is 0.481 e. The number of rotatable bonds is 5. The van der Waals surface area contributed by atoms with Crippen molar-refractivity contribution in [2.45, 2.75) is 32.7 Å². The summed E-state index contributed by atoms with van der Waals surface area (Å²) in [6.07, 6.45) is -0.433. The molecule has 0 spiro atoms. The Hall–Kier alpha value is -2.30. The van der Waals surface area contributed by atoms with E-state index in [0.29, 0.717) is 0 Å². The third-order valence-corrected chi connectivity index (χ3v) is 2.10. The number of methoxy groups -OCH3 is 1.